The van der Waals surface area contributed by atoms with Crippen LogP contribution < -0.4 is 5.32 Å². The Labute approximate surface area is 82.2 Å². The van der Waals surface area contributed by atoms with Gasteiger partial charge in [-0.15, -0.1) is 0 Å². The summed E-state index contributed by atoms with van der Waals surface area (Å²) in [5, 5.41) is 3.44. The molecule has 3 heteroatoms. The molecule has 1 aliphatic carbocycles. The van der Waals surface area contributed by atoms with Crippen LogP contribution in [0.4, 0.5) is 0 Å². The third kappa shape index (κ3) is 2.22. The molecular weight excluding hydrogens is 218 g/mol. The van der Waals surface area contributed by atoms with E-state index in [4.69, 9.17) is 0 Å². The highest BCUT2D eigenvalue weighted by Gasteiger charge is 2.30. The first kappa shape index (κ1) is 10.0. The van der Waals surface area contributed by atoms with Gasteiger partial charge in [-0.25, -0.2) is 0 Å². The number of amides is 1. The highest BCUT2D eigenvalue weighted by Crippen LogP contribution is 2.30. The van der Waals surface area contributed by atoms with E-state index >= 15 is 0 Å². The molecule has 0 radical (unpaired) electrons. The normalized spacial score (nSPS) is 35.1. The SMILES string of the molecule is CC1CCC(NC(=O)CBr)C1C. The van der Waals surface area contributed by atoms with Crippen LogP contribution in [0.2, 0.25) is 0 Å². The molecule has 70 valence electrons. The Hall–Kier alpha value is -0.0500. The van der Waals surface area contributed by atoms with Crippen LogP contribution >= 0.6 is 15.9 Å². The lowest BCUT2D eigenvalue weighted by Gasteiger charge is -2.18. The molecule has 1 fully saturated rings. The molecule has 12 heavy (non-hydrogen) atoms. The maximum atomic E-state index is 11.1. The quantitative estimate of drug-likeness (QED) is 0.727. The van der Waals surface area contributed by atoms with Crippen molar-refractivity contribution in [1.82, 2.24) is 5.32 Å². The zero-order valence-corrected chi connectivity index (χ0v) is 9.23. The van der Waals surface area contributed by atoms with Crippen molar-refractivity contribution in [2.75, 3.05) is 5.33 Å². The molecule has 1 saturated carbocycles. The van der Waals surface area contributed by atoms with Crippen LogP contribution in [0.5, 0.6) is 0 Å². The van der Waals surface area contributed by atoms with Gasteiger partial charge in [-0.05, 0) is 24.7 Å². The number of hydrogen-bond acceptors (Lipinski definition) is 1. The van der Waals surface area contributed by atoms with E-state index < -0.39 is 0 Å². The number of carbonyl (C=O) groups is 1. The topological polar surface area (TPSA) is 29.1 Å². The average molecular weight is 234 g/mol. The summed E-state index contributed by atoms with van der Waals surface area (Å²) in [5.41, 5.74) is 0. The molecule has 2 nitrogen and oxygen atoms in total. The minimum Gasteiger partial charge on any atom is -0.352 e. The molecule has 0 aromatic carbocycles. The lowest BCUT2D eigenvalue weighted by atomic mass is 9.98. The Kier molecular flexibility index (Phi) is 3.56. The van der Waals surface area contributed by atoms with Crippen LogP contribution in [0.3, 0.4) is 0 Å². The molecule has 3 unspecified atom stereocenters. The minimum atomic E-state index is 0.112. The third-order valence-electron chi connectivity index (χ3n) is 2.93. The van der Waals surface area contributed by atoms with Crippen molar-refractivity contribution >= 4 is 21.8 Å². The number of alkyl halides is 1. The summed E-state index contributed by atoms with van der Waals surface area (Å²) < 4.78 is 0. The molecule has 0 saturated heterocycles. The smallest absolute Gasteiger partial charge is 0.230 e. The van der Waals surface area contributed by atoms with Gasteiger partial charge in [0.1, 0.15) is 0 Å². The summed E-state index contributed by atoms with van der Waals surface area (Å²) >= 11 is 3.15. The third-order valence-corrected chi connectivity index (χ3v) is 3.44. The molecule has 0 spiro atoms. The monoisotopic (exact) mass is 233 g/mol. The summed E-state index contributed by atoms with van der Waals surface area (Å²) in [5.74, 6) is 1.50. The zero-order valence-electron chi connectivity index (χ0n) is 7.64. The molecule has 1 amide bonds. The molecule has 0 bridgehead atoms. The van der Waals surface area contributed by atoms with E-state index in [0.717, 1.165) is 12.3 Å². The van der Waals surface area contributed by atoms with E-state index in [1.165, 1.54) is 6.42 Å². The highest BCUT2D eigenvalue weighted by molar-refractivity contribution is 9.09. The van der Waals surface area contributed by atoms with Crippen LogP contribution in [0.15, 0.2) is 0 Å². The molecule has 1 aliphatic rings. The summed E-state index contributed by atoms with van der Waals surface area (Å²) in [7, 11) is 0. The van der Waals surface area contributed by atoms with Crippen LogP contribution in [-0.4, -0.2) is 17.3 Å². The maximum Gasteiger partial charge on any atom is 0.230 e. The predicted molar refractivity (Wildman–Crippen MR) is 53.3 cm³/mol. The standard InChI is InChI=1S/C9H16BrNO/c1-6-3-4-8(7(6)2)11-9(12)5-10/h6-8H,3-5H2,1-2H3,(H,11,12). The predicted octanol–water partition coefficient (Wildman–Crippen LogP) is 1.93. The molecule has 0 heterocycles. The Bertz CT molecular complexity index is 172. The van der Waals surface area contributed by atoms with Gasteiger partial charge in [0.2, 0.25) is 5.91 Å². The van der Waals surface area contributed by atoms with Crippen molar-refractivity contribution < 1.29 is 4.79 Å². The number of halogens is 1. The van der Waals surface area contributed by atoms with Gasteiger partial charge in [0, 0.05) is 6.04 Å². The van der Waals surface area contributed by atoms with Gasteiger partial charge in [0.15, 0.2) is 0 Å². The van der Waals surface area contributed by atoms with E-state index in [0.29, 0.717) is 17.3 Å². The summed E-state index contributed by atoms with van der Waals surface area (Å²) in [6, 6.07) is 0.407. The Morgan fingerprint density at radius 3 is 2.58 bits per heavy atom. The van der Waals surface area contributed by atoms with Gasteiger partial charge in [-0.2, -0.15) is 0 Å². The van der Waals surface area contributed by atoms with Gasteiger partial charge < -0.3 is 5.32 Å². The Morgan fingerprint density at radius 2 is 2.17 bits per heavy atom. The fourth-order valence-electron chi connectivity index (χ4n) is 1.81. The van der Waals surface area contributed by atoms with Gasteiger partial charge in [-0.3, -0.25) is 4.79 Å². The van der Waals surface area contributed by atoms with E-state index in [1.54, 1.807) is 0 Å². The highest BCUT2D eigenvalue weighted by atomic mass is 79.9. The second-order valence-electron chi connectivity index (χ2n) is 3.72. The minimum absolute atomic E-state index is 0.112. The summed E-state index contributed by atoms with van der Waals surface area (Å²) in [6.45, 7) is 4.47. The average Bonchev–Trinajstić information content (AvgIpc) is 2.36. The molecule has 0 aromatic rings. The van der Waals surface area contributed by atoms with Crippen molar-refractivity contribution in [1.29, 1.82) is 0 Å². The van der Waals surface area contributed by atoms with Crippen molar-refractivity contribution in [2.24, 2.45) is 11.8 Å². The first-order chi connectivity index (χ1) is 5.65. The van der Waals surface area contributed by atoms with Gasteiger partial charge >= 0.3 is 0 Å². The maximum absolute atomic E-state index is 11.1. The van der Waals surface area contributed by atoms with Crippen molar-refractivity contribution in [2.45, 2.75) is 32.7 Å². The first-order valence-corrected chi connectivity index (χ1v) is 5.62. The van der Waals surface area contributed by atoms with Crippen molar-refractivity contribution in [3.05, 3.63) is 0 Å². The number of carbonyl (C=O) groups excluding carboxylic acids is 1. The zero-order chi connectivity index (χ0) is 9.14. The second-order valence-corrected chi connectivity index (χ2v) is 4.28. The second kappa shape index (κ2) is 4.26. The number of nitrogens with one attached hydrogen (secondary N) is 1. The number of hydrogen-bond donors (Lipinski definition) is 1. The van der Waals surface area contributed by atoms with Crippen molar-refractivity contribution in [3.8, 4) is 0 Å². The van der Waals surface area contributed by atoms with Crippen LogP contribution in [0.1, 0.15) is 26.7 Å². The lowest BCUT2D eigenvalue weighted by molar-refractivity contribution is -0.119. The Morgan fingerprint density at radius 1 is 1.50 bits per heavy atom. The Balaban J connectivity index is 2.38. The molecule has 0 aliphatic heterocycles. The van der Waals surface area contributed by atoms with E-state index in [1.807, 2.05) is 0 Å². The number of rotatable bonds is 2. The fraction of sp³-hybridized carbons (Fsp3) is 0.889. The summed E-state index contributed by atoms with van der Waals surface area (Å²) in [4.78, 5) is 11.1. The van der Waals surface area contributed by atoms with Crippen LogP contribution in [-0.2, 0) is 4.79 Å². The van der Waals surface area contributed by atoms with Gasteiger partial charge in [-0.1, -0.05) is 29.8 Å². The molecule has 1 rings (SSSR count). The molecule has 1 N–H and O–H groups in total. The molecule has 0 aromatic heterocycles. The van der Waals surface area contributed by atoms with E-state index in [2.05, 4.69) is 35.1 Å². The van der Waals surface area contributed by atoms with E-state index in [9.17, 15) is 4.79 Å². The van der Waals surface area contributed by atoms with E-state index in [-0.39, 0.29) is 5.91 Å². The lowest BCUT2D eigenvalue weighted by Crippen LogP contribution is -2.37. The largest absolute Gasteiger partial charge is 0.352 e. The van der Waals surface area contributed by atoms with Gasteiger partial charge in [0.25, 0.3) is 0 Å². The molecule has 3 atom stereocenters. The van der Waals surface area contributed by atoms with Crippen LogP contribution in [0, 0.1) is 11.8 Å². The van der Waals surface area contributed by atoms with Crippen LogP contribution in [0.25, 0.3) is 0 Å². The van der Waals surface area contributed by atoms with Crippen molar-refractivity contribution in [3.63, 3.8) is 0 Å². The summed E-state index contributed by atoms with van der Waals surface area (Å²) in [6.07, 6.45) is 2.38. The first-order valence-electron chi connectivity index (χ1n) is 4.50. The molecular formula is C9H16BrNO. The fourth-order valence-corrected chi connectivity index (χ4v) is 1.98. The van der Waals surface area contributed by atoms with Gasteiger partial charge in [0.05, 0.1) is 5.33 Å².